The highest BCUT2D eigenvalue weighted by atomic mass is 15.1. The molecule has 0 unspecified atom stereocenters. The van der Waals surface area contributed by atoms with Gasteiger partial charge in [0, 0.05) is 49.6 Å². The van der Waals surface area contributed by atoms with Crippen LogP contribution < -0.4 is 0 Å². The summed E-state index contributed by atoms with van der Waals surface area (Å²) in [6.07, 6.45) is 0. The maximum absolute atomic E-state index is 5.22. The standard InChI is InChI=1S/C63H41N5/c1-6-17-42(18-7-1)45-29-31-47(32-30-45)62-64-61(46-23-12-4-13-24-46)65-63(66-62)50-25-16-28-52(39-50)68-58-38-34-49(44-21-10-3-11-22-44)41-56(58)54-36-35-53-55-40-48(43-19-8-2-9-20-43)33-37-57(55)67(59(53)60(54)68)51-26-14-5-15-27-51/h1-41H. The van der Waals surface area contributed by atoms with Gasteiger partial charge in [-0.3, -0.25) is 0 Å². The summed E-state index contributed by atoms with van der Waals surface area (Å²) in [5.41, 5.74) is 16.4. The van der Waals surface area contributed by atoms with Crippen LogP contribution in [0.5, 0.6) is 0 Å². The van der Waals surface area contributed by atoms with E-state index >= 15 is 0 Å². The molecule has 3 heterocycles. The third-order valence-corrected chi connectivity index (χ3v) is 13.2. The molecular formula is C63H41N5. The molecule has 318 valence electrons. The van der Waals surface area contributed by atoms with Crippen LogP contribution in [0.15, 0.2) is 249 Å². The first-order valence-electron chi connectivity index (χ1n) is 23.0. The fourth-order valence-corrected chi connectivity index (χ4v) is 9.91. The van der Waals surface area contributed by atoms with Crippen LogP contribution in [-0.2, 0) is 0 Å². The Morgan fingerprint density at radius 3 is 1.06 bits per heavy atom. The van der Waals surface area contributed by atoms with Crippen molar-refractivity contribution in [3.05, 3.63) is 249 Å². The predicted octanol–water partition coefficient (Wildman–Crippen LogP) is 16.1. The molecule has 13 rings (SSSR count). The molecule has 3 aromatic heterocycles. The highest BCUT2D eigenvalue weighted by Gasteiger charge is 2.23. The lowest BCUT2D eigenvalue weighted by Gasteiger charge is -2.14. The summed E-state index contributed by atoms with van der Waals surface area (Å²) in [6.45, 7) is 0. The first kappa shape index (κ1) is 39.2. The minimum Gasteiger partial charge on any atom is -0.307 e. The van der Waals surface area contributed by atoms with Crippen LogP contribution in [0.1, 0.15) is 0 Å². The number of hydrogen-bond donors (Lipinski definition) is 0. The number of nitrogens with zero attached hydrogens (tertiary/aromatic N) is 5. The number of hydrogen-bond acceptors (Lipinski definition) is 3. The highest BCUT2D eigenvalue weighted by molar-refractivity contribution is 6.24. The Labute approximate surface area is 393 Å². The van der Waals surface area contributed by atoms with Crippen LogP contribution in [0.3, 0.4) is 0 Å². The largest absolute Gasteiger partial charge is 0.307 e. The molecule has 0 radical (unpaired) electrons. The smallest absolute Gasteiger partial charge is 0.164 e. The maximum Gasteiger partial charge on any atom is 0.164 e. The quantitative estimate of drug-likeness (QED) is 0.153. The van der Waals surface area contributed by atoms with E-state index in [4.69, 9.17) is 15.0 Å². The number of fused-ring (bicyclic) bond motifs is 7. The van der Waals surface area contributed by atoms with Gasteiger partial charge in [0.1, 0.15) is 0 Å². The Kier molecular flexibility index (Phi) is 9.43. The molecule has 0 fully saturated rings. The number of aromatic nitrogens is 5. The zero-order chi connectivity index (χ0) is 45.0. The molecule has 0 aliphatic carbocycles. The van der Waals surface area contributed by atoms with Crippen molar-refractivity contribution in [1.29, 1.82) is 0 Å². The third-order valence-electron chi connectivity index (χ3n) is 13.2. The van der Waals surface area contributed by atoms with Gasteiger partial charge in [-0.1, -0.05) is 200 Å². The van der Waals surface area contributed by atoms with E-state index < -0.39 is 0 Å². The second-order valence-electron chi connectivity index (χ2n) is 17.2. The number of para-hydroxylation sites is 1. The zero-order valence-electron chi connectivity index (χ0n) is 36.9. The molecule has 0 atom stereocenters. The van der Waals surface area contributed by atoms with E-state index in [2.05, 4.69) is 234 Å². The first-order valence-corrected chi connectivity index (χ1v) is 23.0. The molecule has 0 spiro atoms. The van der Waals surface area contributed by atoms with Gasteiger partial charge < -0.3 is 9.13 Å². The second-order valence-corrected chi connectivity index (χ2v) is 17.2. The lowest BCUT2D eigenvalue weighted by molar-refractivity contribution is 1.07. The molecule has 0 aliphatic heterocycles. The Bertz CT molecular complexity index is 3970. The molecule has 5 heteroatoms. The molecule has 5 nitrogen and oxygen atoms in total. The van der Waals surface area contributed by atoms with E-state index in [0.717, 1.165) is 61.3 Å². The summed E-state index contributed by atoms with van der Waals surface area (Å²) in [4.78, 5) is 15.5. The predicted molar refractivity (Wildman–Crippen MR) is 281 cm³/mol. The highest BCUT2D eigenvalue weighted by Crippen LogP contribution is 2.44. The van der Waals surface area contributed by atoms with Gasteiger partial charge in [0.25, 0.3) is 0 Å². The van der Waals surface area contributed by atoms with E-state index in [-0.39, 0.29) is 0 Å². The van der Waals surface area contributed by atoms with Gasteiger partial charge >= 0.3 is 0 Å². The van der Waals surface area contributed by atoms with Crippen LogP contribution in [0.25, 0.3) is 123 Å². The SMILES string of the molecule is c1ccc(-c2ccc(-c3nc(-c4ccccc4)nc(-c4cccc(-n5c6ccc(-c7ccccc7)cc6c6ccc7c8cc(-c9ccccc9)ccc8n(-c8ccccc8)c7c65)c4)n3)cc2)cc1. The molecule has 0 aliphatic rings. The van der Waals surface area contributed by atoms with Crippen molar-refractivity contribution in [3.8, 4) is 78.9 Å². The lowest BCUT2D eigenvalue weighted by Crippen LogP contribution is -2.01. The van der Waals surface area contributed by atoms with Crippen molar-refractivity contribution in [1.82, 2.24) is 24.1 Å². The van der Waals surface area contributed by atoms with Gasteiger partial charge in [0.2, 0.25) is 0 Å². The normalized spacial score (nSPS) is 11.5. The average Bonchev–Trinajstić information content (AvgIpc) is 3.94. The summed E-state index contributed by atoms with van der Waals surface area (Å²) >= 11 is 0. The van der Waals surface area contributed by atoms with E-state index in [1.165, 1.54) is 43.8 Å². The molecule has 0 amide bonds. The van der Waals surface area contributed by atoms with Crippen LogP contribution in [0.4, 0.5) is 0 Å². The molecule has 0 N–H and O–H groups in total. The fourth-order valence-electron chi connectivity index (χ4n) is 9.91. The third kappa shape index (κ3) is 6.76. The molecular weight excluding hydrogens is 827 g/mol. The van der Waals surface area contributed by atoms with Crippen molar-refractivity contribution >= 4 is 43.6 Å². The van der Waals surface area contributed by atoms with Crippen LogP contribution in [0.2, 0.25) is 0 Å². The van der Waals surface area contributed by atoms with Crippen LogP contribution in [0, 0.1) is 0 Å². The Balaban J connectivity index is 1.06. The van der Waals surface area contributed by atoms with Gasteiger partial charge in [-0.25, -0.2) is 15.0 Å². The van der Waals surface area contributed by atoms with E-state index in [0.29, 0.717) is 17.5 Å². The lowest BCUT2D eigenvalue weighted by atomic mass is 10.0. The fraction of sp³-hybridized carbons (Fsp3) is 0. The summed E-state index contributed by atoms with van der Waals surface area (Å²) in [7, 11) is 0. The topological polar surface area (TPSA) is 48.5 Å². The van der Waals surface area contributed by atoms with Gasteiger partial charge in [-0.2, -0.15) is 0 Å². The minimum absolute atomic E-state index is 0.604. The molecule has 0 saturated carbocycles. The molecule has 10 aromatic carbocycles. The minimum atomic E-state index is 0.604. The van der Waals surface area contributed by atoms with E-state index in [1.54, 1.807) is 0 Å². The second kappa shape index (κ2) is 16.4. The molecule has 13 aromatic rings. The number of benzene rings is 10. The summed E-state index contributed by atoms with van der Waals surface area (Å²) < 4.78 is 4.90. The molecule has 68 heavy (non-hydrogen) atoms. The van der Waals surface area contributed by atoms with Gasteiger partial charge in [0.15, 0.2) is 17.5 Å². The van der Waals surface area contributed by atoms with Crippen molar-refractivity contribution in [2.45, 2.75) is 0 Å². The molecule has 0 saturated heterocycles. The Morgan fingerprint density at radius 1 is 0.221 bits per heavy atom. The van der Waals surface area contributed by atoms with Crippen molar-refractivity contribution in [2.75, 3.05) is 0 Å². The zero-order valence-corrected chi connectivity index (χ0v) is 36.9. The Morgan fingerprint density at radius 2 is 0.559 bits per heavy atom. The van der Waals surface area contributed by atoms with Gasteiger partial charge in [0.05, 0.1) is 22.1 Å². The van der Waals surface area contributed by atoms with Gasteiger partial charge in [-0.05, 0) is 81.9 Å². The molecule has 0 bridgehead atoms. The summed E-state index contributed by atoms with van der Waals surface area (Å²) in [5, 5.41) is 4.74. The monoisotopic (exact) mass is 867 g/mol. The van der Waals surface area contributed by atoms with Crippen LogP contribution >= 0.6 is 0 Å². The van der Waals surface area contributed by atoms with Crippen molar-refractivity contribution in [3.63, 3.8) is 0 Å². The van der Waals surface area contributed by atoms with Crippen LogP contribution in [-0.4, -0.2) is 24.1 Å². The summed E-state index contributed by atoms with van der Waals surface area (Å²) in [5.74, 6) is 1.84. The number of rotatable bonds is 8. The van der Waals surface area contributed by atoms with Crippen molar-refractivity contribution in [2.24, 2.45) is 0 Å². The Hall–Kier alpha value is -9.19. The van der Waals surface area contributed by atoms with E-state index in [1.807, 2.05) is 24.3 Å². The van der Waals surface area contributed by atoms with Gasteiger partial charge in [-0.15, -0.1) is 0 Å². The summed E-state index contributed by atoms with van der Waals surface area (Å²) in [6, 6.07) is 88.3. The average molecular weight is 868 g/mol. The van der Waals surface area contributed by atoms with E-state index in [9.17, 15) is 0 Å². The first-order chi connectivity index (χ1) is 33.7. The maximum atomic E-state index is 5.22. The van der Waals surface area contributed by atoms with Crippen molar-refractivity contribution < 1.29 is 0 Å².